The Morgan fingerprint density at radius 3 is 2.70 bits per heavy atom. The zero-order chi connectivity index (χ0) is 21.4. The Morgan fingerprint density at radius 1 is 1.27 bits per heavy atom. The molecule has 0 spiro atoms. The molecule has 2 aromatic rings. The lowest BCUT2D eigenvalue weighted by molar-refractivity contribution is 0.0564. The SMILES string of the molecule is COCCOc1ccc([C@H](C)N2C[C@@H]3C[C@H]2CN3C(=O)c2csc(Cl)n2)c(C)c1C. The second-order valence-corrected chi connectivity index (χ2v) is 9.54. The number of hydrogen-bond acceptors (Lipinski definition) is 6. The van der Waals surface area contributed by atoms with Gasteiger partial charge in [-0.1, -0.05) is 17.7 Å². The highest BCUT2D eigenvalue weighted by atomic mass is 35.5. The summed E-state index contributed by atoms with van der Waals surface area (Å²) in [4.78, 5) is 21.5. The number of aromatic nitrogens is 1. The van der Waals surface area contributed by atoms with Crippen molar-refractivity contribution in [1.29, 1.82) is 0 Å². The van der Waals surface area contributed by atoms with E-state index in [0.29, 0.717) is 29.4 Å². The van der Waals surface area contributed by atoms with Crippen LogP contribution >= 0.6 is 22.9 Å². The van der Waals surface area contributed by atoms with E-state index < -0.39 is 0 Å². The summed E-state index contributed by atoms with van der Waals surface area (Å²) in [5.41, 5.74) is 4.23. The first-order valence-corrected chi connectivity index (χ1v) is 11.6. The van der Waals surface area contributed by atoms with Gasteiger partial charge in [-0.05, 0) is 49.9 Å². The summed E-state index contributed by atoms with van der Waals surface area (Å²) in [6.45, 7) is 9.31. The molecule has 2 saturated heterocycles. The molecule has 2 aliphatic rings. The molecule has 2 fully saturated rings. The maximum absolute atomic E-state index is 12.8. The molecule has 0 N–H and O–H groups in total. The quantitative estimate of drug-likeness (QED) is 0.595. The summed E-state index contributed by atoms with van der Waals surface area (Å²) in [5, 5.41) is 1.75. The molecule has 1 aromatic carbocycles. The van der Waals surface area contributed by atoms with Crippen LogP contribution in [-0.2, 0) is 4.74 Å². The number of benzene rings is 1. The van der Waals surface area contributed by atoms with Crippen molar-refractivity contribution in [3.63, 3.8) is 0 Å². The lowest BCUT2D eigenvalue weighted by atomic mass is 9.96. The monoisotopic (exact) mass is 449 g/mol. The number of carbonyl (C=O) groups excluding carboxylic acids is 1. The number of fused-ring (bicyclic) bond motifs is 2. The lowest BCUT2D eigenvalue weighted by Gasteiger charge is -2.38. The third kappa shape index (κ3) is 3.96. The molecule has 3 atom stereocenters. The van der Waals surface area contributed by atoms with Gasteiger partial charge in [-0.25, -0.2) is 4.98 Å². The fourth-order valence-corrected chi connectivity index (χ4v) is 5.50. The van der Waals surface area contributed by atoms with Gasteiger partial charge in [0, 0.05) is 43.7 Å². The number of thiazole rings is 1. The van der Waals surface area contributed by atoms with Crippen molar-refractivity contribution in [3.8, 4) is 5.75 Å². The van der Waals surface area contributed by atoms with E-state index in [1.165, 1.54) is 28.0 Å². The number of rotatable bonds is 7. The Hall–Kier alpha value is -1.67. The van der Waals surface area contributed by atoms with Crippen molar-refractivity contribution in [1.82, 2.24) is 14.8 Å². The fourth-order valence-electron chi connectivity index (χ4n) is 4.76. The Kier molecular flexibility index (Phi) is 6.34. The minimum Gasteiger partial charge on any atom is -0.491 e. The van der Waals surface area contributed by atoms with Crippen LogP contribution in [-0.4, -0.2) is 66.2 Å². The van der Waals surface area contributed by atoms with E-state index in [0.717, 1.165) is 25.3 Å². The average molecular weight is 450 g/mol. The predicted molar refractivity (Wildman–Crippen MR) is 119 cm³/mol. The molecule has 2 bridgehead atoms. The molecule has 1 aromatic heterocycles. The Morgan fingerprint density at radius 2 is 2.07 bits per heavy atom. The summed E-state index contributed by atoms with van der Waals surface area (Å²) in [6, 6.07) is 5.16. The van der Waals surface area contributed by atoms with Gasteiger partial charge in [0.05, 0.1) is 6.61 Å². The molecule has 1 amide bonds. The number of carbonyl (C=O) groups is 1. The van der Waals surface area contributed by atoms with Crippen molar-refractivity contribution >= 4 is 28.8 Å². The molecule has 2 aliphatic heterocycles. The number of likely N-dealkylation sites (tertiary alicyclic amines) is 2. The van der Waals surface area contributed by atoms with Crippen LogP contribution in [0.2, 0.25) is 4.47 Å². The van der Waals surface area contributed by atoms with E-state index in [9.17, 15) is 4.79 Å². The van der Waals surface area contributed by atoms with Crippen LogP contribution < -0.4 is 4.74 Å². The topological polar surface area (TPSA) is 54.9 Å². The Labute approximate surface area is 186 Å². The van der Waals surface area contributed by atoms with Gasteiger partial charge >= 0.3 is 0 Å². The standard InChI is InChI=1S/C22H28ClN3O3S/c1-13-14(2)20(29-8-7-28-4)6-5-18(13)15(3)25-10-17-9-16(25)11-26(17)21(27)19-12-30-22(23)24-19/h5-6,12,15-17H,7-11H2,1-4H3/t15-,16-,17-/m0/s1. The number of piperazine rings is 1. The zero-order valence-electron chi connectivity index (χ0n) is 17.9. The van der Waals surface area contributed by atoms with E-state index in [-0.39, 0.29) is 18.0 Å². The van der Waals surface area contributed by atoms with Crippen molar-refractivity contribution < 1.29 is 14.3 Å². The van der Waals surface area contributed by atoms with Crippen LogP contribution in [0, 0.1) is 13.8 Å². The summed E-state index contributed by atoms with van der Waals surface area (Å²) < 4.78 is 11.3. The summed E-state index contributed by atoms with van der Waals surface area (Å²) >= 11 is 7.21. The first-order chi connectivity index (χ1) is 14.4. The van der Waals surface area contributed by atoms with E-state index in [4.69, 9.17) is 21.1 Å². The second kappa shape index (κ2) is 8.83. The molecule has 0 radical (unpaired) electrons. The van der Waals surface area contributed by atoms with Gasteiger partial charge in [-0.3, -0.25) is 9.69 Å². The summed E-state index contributed by atoms with van der Waals surface area (Å²) in [5.74, 6) is 0.921. The maximum atomic E-state index is 12.8. The van der Waals surface area contributed by atoms with Crippen molar-refractivity contribution in [3.05, 3.63) is 44.4 Å². The molecule has 0 saturated carbocycles. The van der Waals surface area contributed by atoms with Crippen LogP contribution in [0.4, 0.5) is 0 Å². The molecule has 162 valence electrons. The highest BCUT2D eigenvalue weighted by Gasteiger charge is 2.47. The minimum atomic E-state index is 0.00235. The Balaban J connectivity index is 1.44. The second-order valence-electron chi connectivity index (χ2n) is 8.10. The number of nitrogens with zero attached hydrogens (tertiary/aromatic N) is 3. The van der Waals surface area contributed by atoms with Crippen LogP contribution in [0.1, 0.15) is 46.6 Å². The number of ether oxygens (including phenoxy) is 2. The molecular weight excluding hydrogens is 422 g/mol. The molecule has 6 nitrogen and oxygen atoms in total. The highest BCUT2D eigenvalue weighted by molar-refractivity contribution is 7.14. The van der Waals surface area contributed by atoms with Gasteiger partial charge < -0.3 is 14.4 Å². The maximum Gasteiger partial charge on any atom is 0.273 e. The van der Waals surface area contributed by atoms with Gasteiger partial charge in [-0.2, -0.15) is 0 Å². The Bertz CT molecular complexity index is 934. The zero-order valence-corrected chi connectivity index (χ0v) is 19.4. The van der Waals surface area contributed by atoms with Crippen LogP contribution in [0.15, 0.2) is 17.5 Å². The predicted octanol–water partition coefficient (Wildman–Crippen LogP) is 4.10. The van der Waals surface area contributed by atoms with Crippen LogP contribution in [0.3, 0.4) is 0 Å². The molecule has 8 heteroatoms. The lowest BCUT2D eigenvalue weighted by Crippen LogP contribution is -2.49. The summed E-state index contributed by atoms with van der Waals surface area (Å²) in [6.07, 6.45) is 1.02. The van der Waals surface area contributed by atoms with Gasteiger partial charge in [0.2, 0.25) is 0 Å². The number of methoxy groups -OCH3 is 1. The van der Waals surface area contributed by atoms with E-state index in [1.54, 1.807) is 12.5 Å². The normalized spacial score (nSPS) is 22.0. The van der Waals surface area contributed by atoms with Gasteiger partial charge in [-0.15, -0.1) is 11.3 Å². The molecule has 30 heavy (non-hydrogen) atoms. The van der Waals surface area contributed by atoms with Crippen molar-refractivity contribution in [2.75, 3.05) is 33.4 Å². The third-order valence-electron chi connectivity index (χ3n) is 6.51. The first kappa shape index (κ1) is 21.6. The molecule has 3 heterocycles. The average Bonchev–Trinajstić information content (AvgIpc) is 3.46. The van der Waals surface area contributed by atoms with Crippen molar-refractivity contribution in [2.24, 2.45) is 0 Å². The number of hydrogen-bond donors (Lipinski definition) is 0. The largest absolute Gasteiger partial charge is 0.491 e. The van der Waals surface area contributed by atoms with E-state index in [1.807, 2.05) is 4.90 Å². The molecule has 0 unspecified atom stereocenters. The van der Waals surface area contributed by atoms with Crippen LogP contribution in [0.25, 0.3) is 0 Å². The van der Waals surface area contributed by atoms with E-state index in [2.05, 4.69) is 42.8 Å². The molecular formula is C22H28ClN3O3S. The number of halogens is 1. The number of amides is 1. The van der Waals surface area contributed by atoms with Gasteiger partial charge in [0.25, 0.3) is 5.91 Å². The van der Waals surface area contributed by atoms with Gasteiger partial charge in [0.15, 0.2) is 4.47 Å². The molecule has 0 aliphatic carbocycles. The smallest absolute Gasteiger partial charge is 0.273 e. The minimum absolute atomic E-state index is 0.00235. The van der Waals surface area contributed by atoms with E-state index >= 15 is 0 Å². The first-order valence-electron chi connectivity index (χ1n) is 10.3. The fraction of sp³-hybridized carbons (Fsp3) is 0.545. The molecule has 4 rings (SSSR count). The third-order valence-corrected chi connectivity index (χ3v) is 7.49. The van der Waals surface area contributed by atoms with Crippen LogP contribution in [0.5, 0.6) is 5.75 Å². The van der Waals surface area contributed by atoms with Crippen molar-refractivity contribution in [2.45, 2.75) is 45.3 Å². The summed E-state index contributed by atoms with van der Waals surface area (Å²) in [7, 11) is 1.68. The van der Waals surface area contributed by atoms with Gasteiger partial charge in [0.1, 0.15) is 18.1 Å². The highest BCUT2D eigenvalue weighted by Crippen LogP contribution is 2.39.